The van der Waals surface area contributed by atoms with E-state index in [4.69, 9.17) is 14.2 Å². The first kappa shape index (κ1) is 26.7. The van der Waals surface area contributed by atoms with Crippen molar-refractivity contribution >= 4 is 15.7 Å². The Morgan fingerprint density at radius 1 is 0.973 bits per heavy atom. The zero-order valence-electron chi connectivity index (χ0n) is 21.6. The Labute approximate surface area is 218 Å². The molecule has 0 aromatic heterocycles. The summed E-state index contributed by atoms with van der Waals surface area (Å²) in [6.07, 6.45) is -0.282. The molecule has 196 valence electrons. The summed E-state index contributed by atoms with van der Waals surface area (Å²) >= 11 is 0. The number of hydrogen-bond donors (Lipinski definition) is 0. The zero-order chi connectivity index (χ0) is 26.6. The molecule has 7 nitrogen and oxygen atoms in total. The van der Waals surface area contributed by atoms with Gasteiger partial charge < -0.3 is 19.1 Å². The lowest BCUT2D eigenvalue weighted by Gasteiger charge is -2.20. The van der Waals surface area contributed by atoms with Crippen LogP contribution >= 0.6 is 0 Å². The highest BCUT2D eigenvalue weighted by Crippen LogP contribution is 2.29. The van der Waals surface area contributed by atoms with Crippen molar-refractivity contribution in [1.82, 2.24) is 4.90 Å². The van der Waals surface area contributed by atoms with Crippen LogP contribution in [0.25, 0.3) is 0 Å². The number of methoxy groups -OCH3 is 2. The van der Waals surface area contributed by atoms with E-state index in [2.05, 4.69) is 0 Å². The summed E-state index contributed by atoms with van der Waals surface area (Å²) in [5, 5.41) is 0. The fourth-order valence-electron chi connectivity index (χ4n) is 4.71. The minimum Gasteiger partial charge on any atom is -0.495 e. The van der Waals surface area contributed by atoms with Gasteiger partial charge in [-0.3, -0.25) is 4.79 Å². The molecule has 0 aliphatic carbocycles. The van der Waals surface area contributed by atoms with E-state index in [0.717, 1.165) is 11.1 Å². The van der Waals surface area contributed by atoms with Gasteiger partial charge in [0, 0.05) is 25.1 Å². The highest BCUT2D eigenvalue weighted by atomic mass is 32.2. The van der Waals surface area contributed by atoms with Crippen molar-refractivity contribution in [1.29, 1.82) is 0 Å². The van der Waals surface area contributed by atoms with Crippen molar-refractivity contribution in [2.45, 2.75) is 30.6 Å². The summed E-state index contributed by atoms with van der Waals surface area (Å²) < 4.78 is 43.2. The highest BCUT2D eigenvalue weighted by Gasteiger charge is 2.37. The Kier molecular flexibility index (Phi) is 8.19. The third-order valence-corrected chi connectivity index (χ3v) is 8.34. The molecule has 0 spiro atoms. The van der Waals surface area contributed by atoms with Gasteiger partial charge in [-0.15, -0.1) is 0 Å². The van der Waals surface area contributed by atoms with Crippen LogP contribution in [-0.2, 0) is 20.3 Å². The van der Waals surface area contributed by atoms with Crippen molar-refractivity contribution in [3.05, 3.63) is 89.0 Å². The maximum Gasteiger partial charge on any atom is 0.254 e. The molecule has 0 bridgehead atoms. The number of sulfone groups is 1. The molecular formula is C29H33NO6S. The number of hydrogen-bond acceptors (Lipinski definition) is 6. The summed E-state index contributed by atoms with van der Waals surface area (Å²) in [6.45, 7) is 5.30. The average Bonchev–Trinajstić information content (AvgIpc) is 3.27. The van der Waals surface area contributed by atoms with Crippen molar-refractivity contribution < 1.29 is 27.4 Å². The molecule has 37 heavy (non-hydrogen) atoms. The number of rotatable bonds is 9. The molecule has 1 aliphatic rings. The van der Waals surface area contributed by atoms with E-state index in [1.165, 1.54) is 7.11 Å². The molecule has 1 amide bonds. The van der Waals surface area contributed by atoms with Crippen molar-refractivity contribution in [2.24, 2.45) is 5.92 Å². The van der Waals surface area contributed by atoms with E-state index in [1.54, 1.807) is 55.6 Å². The molecule has 1 saturated heterocycles. The Morgan fingerprint density at radius 2 is 1.76 bits per heavy atom. The number of ether oxygens (including phenoxy) is 3. The van der Waals surface area contributed by atoms with Crippen LogP contribution in [0.4, 0.5) is 0 Å². The molecule has 1 fully saturated rings. The van der Waals surface area contributed by atoms with Crippen molar-refractivity contribution in [3.63, 3.8) is 0 Å². The molecular weight excluding hydrogens is 490 g/mol. The standard InChI is InChI=1S/C29H33NO6S/c1-20-12-13-21(2)25(14-20)29(31)30-16-23(18-34-3)27(17-30)36-24-9-7-8-22(15-24)19-37(32,33)28-11-6-5-10-26(28)35-4/h5-15,23,27H,16-19H2,1-4H3. The Morgan fingerprint density at radius 3 is 2.51 bits per heavy atom. The first-order chi connectivity index (χ1) is 17.7. The minimum atomic E-state index is -3.63. The summed E-state index contributed by atoms with van der Waals surface area (Å²) in [6, 6.07) is 19.6. The molecule has 4 rings (SSSR count). The summed E-state index contributed by atoms with van der Waals surface area (Å²) in [7, 11) is -0.543. The Bertz CT molecular complexity index is 1370. The number of para-hydroxylation sites is 1. The van der Waals surface area contributed by atoms with E-state index >= 15 is 0 Å². The van der Waals surface area contributed by atoms with E-state index in [1.807, 2.05) is 36.9 Å². The fourth-order valence-corrected chi connectivity index (χ4v) is 6.23. The van der Waals surface area contributed by atoms with Crippen LogP contribution in [0.2, 0.25) is 0 Å². The predicted octanol–water partition coefficient (Wildman–Crippen LogP) is 4.45. The lowest BCUT2D eigenvalue weighted by atomic mass is 10.0. The molecule has 3 aromatic carbocycles. The molecule has 0 radical (unpaired) electrons. The molecule has 2 unspecified atom stereocenters. The second-order valence-corrected chi connectivity index (χ2v) is 11.4. The number of carbonyl (C=O) groups is 1. The average molecular weight is 524 g/mol. The summed E-state index contributed by atoms with van der Waals surface area (Å²) in [5.41, 5.74) is 3.27. The van der Waals surface area contributed by atoms with Crippen LogP contribution < -0.4 is 9.47 Å². The van der Waals surface area contributed by atoms with Gasteiger partial charge in [0.05, 0.1) is 26.0 Å². The molecule has 3 aromatic rings. The number of nitrogens with zero attached hydrogens (tertiary/aromatic N) is 1. The lowest BCUT2D eigenvalue weighted by molar-refractivity contribution is 0.0771. The Balaban J connectivity index is 1.51. The molecule has 1 aliphatic heterocycles. The van der Waals surface area contributed by atoms with Gasteiger partial charge in [0.25, 0.3) is 5.91 Å². The van der Waals surface area contributed by atoms with Crippen LogP contribution in [0.5, 0.6) is 11.5 Å². The van der Waals surface area contributed by atoms with Gasteiger partial charge in [0.1, 0.15) is 22.5 Å². The smallest absolute Gasteiger partial charge is 0.254 e. The zero-order valence-corrected chi connectivity index (χ0v) is 22.5. The minimum absolute atomic E-state index is 0.0139. The summed E-state index contributed by atoms with van der Waals surface area (Å²) in [5.74, 6) is 0.649. The third-order valence-electron chi connectivity index (χ3n) is 6.62. The van der Waals surface area contributed by atoms with E-state index in [9.17, 15) is 13.2 Å². The normalized spacial score (nSPS) is 17.6. The van der Waals surface area contributed by atoms with Crippen LogP contribution in [0.15, 0.2) is 71.6 Å². The van der Waals surface area contributed by atoms with Gasteiger partial charge in [0.15, 0.2) is 9.84 Å². The van der Waals surface area contributed by atoms with Crippen LogP contribution in [0, 0.1) is 19.8 Å². The van der Waals surface area contributed by atoms with Crippen LogP contribution in [0.3, 0.4) is 0 Å². The Hall–Kier alpha value is -3.36. The first-order valence-corrected chi connectivity index (χ1v) is 13.8. The number of benzene rings is 3. The van der Waals surface area contributed by atoms with Gasteiger partial charge in [0.2, 0.25) is 0 Å². The maximum atomic E-state index is 13.3. The van der Waals surface area contributed by atoms with Crippen LogP contribution in [-0.4, -0.2) is 59.2 Å². The third kappa shape index (κ3) is 6.14. The van der Waals surface area contributed by atoms with E-state index < -0.39 is 9.84 Å². The second kappa shape index (κ2) is 11.4. The SMILES string of the molecule is COCC1CN(C(=O)c2cc(C)ccc2C)CC1Oc1cccc(CS(=O)(=O)c2ccccc2OC)c1. The maximum absolute atomic E-state index is 13.3. The topological polar surface area (TPSA) is 82.1 Å². The van der Waals surface area contributed by atoms with Gasteiger partial charge in [-0.25, -0.2) is 8.42 Å². The van der Waals surface area contributed by atoms with Gasteiger partial charge >= 0.3 is 0 Å². The second-order valence-electron chi connectivity index (χ2n) is 9.46. The number of amides is 1. The molecule has 8 heteroatoms. The molecule has 2 atom stereocenters. The fraction of sp³-hybridized carbons (Fsp3) is 0.345. The monoisotopic (exact) mass is 523 g/mol. The van der Waals surface area contributed by atoms with Gasteiger partial charge in [-0.05, 0) is 55.3 Å². The van der Waals surface area contributed by atoms with Crippen molar-refractivity contribution in [3.8, 4) is 11.5 Å². The van der Waals surface area contributed by atoms with Gasteiger partial charge in [-0.1, -0.05) is 42.0 Å². The first-order valence-electron chi connectivity index (χ1n) is 12.2. The highest BCUT2D eigenvalue weighted by molar-refractivity contribution is 7.90. The predicted molar refractivity (Wildman–Crippen MR) is 142 cm³/mol. The summed E-state index contributed by atoms with van der Waals surface area (Å²) in [4.78, 5) is 15.3. The van der Waals surface area contributed by atoms with Gasteiger partial charge in [-0.2, -0.15) is 0 Å². The number of carbonyl (C=O) groups excluding carboxylic acids is 1. The largest absolute Gasteiger partial charge is 0.495 e. The quantitative estimate of drug-likeness (QED) is 0.412. The van der Waals surface area contributed by atoms with Crippen LogP contribution in [0.1, 0.15) is 27.0 Å². The molecule has 0 saturated carbocycles. The number of likely N-dealkylation sites (tertiary alicyclic amines) is 1. The lowest BCUT2D eigenvalue weighted by Crippen LogP contribution is -2.31. The number of aryl methyl sites for hydroxylation is 2. The molecule has 0 N–H and O–H groups in total. The molecule has 1 heterocycles. The van der Waals surface area contributed by atoms with E-state index in [0.29, 0.717) is 42.3 Å². The van der Waals surface area contributed by atoms with E-state index in [-0.39, 0.29) is 28.6 Å². The van der Waals surface area contributed by atoms with Crippen molar-refractivity contribution in [2.75, 3.05) is 33.9 Å².